The van der Waals surface area contributed by atoms with Crippen LogP contribution in [0, 0.1) is 0 Å². The number of thiazole rings is 1. The SMILES string of the molecule is CC(C)N(CCC(=O)O)C(=O)c1cnc(-c2ccc3c(c2)OCO3)s1. The van der Waals surface area contributed by atoms with Gasteiger partial charge in [0.05, 0.1) is 12.6 Å². The molecule has 0 atom stereocenters. The molecule has 3 rings (SSSR count). The molecule has 0 spiro atoms. The molecule has 132 valence electrons. The molecule has 1 aromatic heterocycles. The van der Waals surface area contributed by atoms with E-state index in [9.17, 15) is 9.59 Å². The van der Waals surface area contributed by atoms with Gasteiger partial charge in [-0.25, -0.2) is 4.98 Å². The largest absolute Gasteiger partial charge is 0.481 e. The van der Waals surface area contributed by atoms with Gasteiger partial charge in [0.15, 0.2) is 11.5 Å². The summed E-state index contributed by atoms with van der Waals surface area (Å²) in [6.07, 6.45) is 1.45. The van der Waals surface area contributed by atoms with E-state index in [4.69, 9.17) is 14.6 Å². The highest BCUT2D eigenvalue weighted by atomic mass is 32.1. The number of aliphatic carboxylic acids is 1. The van der Waals surface area contributed by atoms with Gasteiger partial charge in [-0.05, 0) is 32.0 Å². The Labute approximate surface area is 148 Å². The summed E-state index contributed by atoms with van der Waals surface area (Å²) in [7, 11) is 0. The van der Waals surface area contributed by atoms with Gasteiger partial charge in [0.1, 0.15) is 9.88 Å². The van der Waals surface area contributed by atoms with Gasteiger partial charge in [-0.2, -0.15) is 0 Å². The monoisotopic (exact) mass is 362 g/mol. The fourth-order valence-corrected chi connectivity index (χ4v) is 3.36. The maximum Gasteiger partial charge on any atom is 0.305 e. The number of aromatic nitrogens is 1. The van der Waals surface area contributed by atoms with Crippen LogP contribution in [0.15, 0.2) is 24.4 Å². The van der Waals surface area contributed by atoms with Crippen molar-refractivity contribution in [1.82, 2.24) is 9.88 Å². The number of hydrogen-bond donors (Lipinski definition) is 1. The van der Waals surface area contributed by atoms with Crippen LogP contribution in [0.25, 0.3) is 10.6 Å². The highest BCUT2D eigenvalue weighted by Crippen LogP contribution is 2.37. The predicted octanol–water partition coefficient (Wildman–Crippen LogP) is 2.86. The Balaban J connectivity index is 1.79. The average molecular weight is 362 g/mol. The number of rotatable bonds is 6. The Morgan fingerprint density at radius 2 is 2.08 bits per heavy atom. The summed E-state index contributed by atoms with van der Waals surface area (Å²) in [4.78, 5) is 29.8. The fraction of sp³-hybridized carbons (Fsp3) is 0.353. The number of carbonyl (C=O) groups excluding carboxylic acids is 1. The second-order valence-electron chi connectivity index (χ2n) is 5.83. The van der Waals surface area contributed by atoms with E-state index in [-0.39, 0.29) is 31.7 Å². The van der Waals surface area contributed by atoms with Crippen molar-refractivity contribution in [3.05, 3.63) is 29.3 Å². The van der Waals surface area contributed by atoms with Crippen molar-refractivity contribution in [2.24, 2.45) is 0 Å². The first-order valence-electron chi connectivity index (χ1n) is 7.84. The first-order valence-corrected chi connectivity index (χ1v) is 8.66. The molecule has 1 aliphatic rings. The molecule has 1 aromatic carbocycles. The topological polar surface area (TPSA) is 89.0 Å². The smallest absolute Gasteiger partial charge is 0.305 e. The molecule has 0 bridgehead atoms. The Morgan fingerprint density at radius 3 is 2.80 bits per heavy atom. The van der Waals surface area contributed by atoms with Crippen LogP contribution in [0.1, 0.15) is 29.9 Å². The molecule has 1 aliphatic heterocycles. The predicted molar refractivity (Wildman–Crippen MR) is 92.1 cm³/mol. The molecule has 2 heterocycles. The van der Waals surface area contributed by atoms with E-state index in [1.54, 1.807) is 4.90 Å². The number of fused-ring (bicyclic) bond motifs is 1. The molecule has 2 aromatic rings. The zero-order chi connectivity index (χ0) is 18.0. The molecule has 7 nitrogen and oxygen atoms in total. The first kappa shape index (κ1) is 17.2. The Bertz CT molecular complexity index is 802. The molecule has 0 saturated heterocycles. The highest BCUT2D eigenvalue weighted by molar-refractivity contribution is 7.16. The number of ether oxygens (including phenoxy) is 2. The maximum atomic E-state index is 12.7. The van der Waals surface area contributed by atoms with Gasteiger partial charge in [-0.1, -0.05) is 0 Å². The van der Waals surface area contributed by atoms with Crippen LogP contribution in [0.4, 0.5) is 0 Å². The van der Waals surface area contributed by atoms with E-state index in [2.05, 4.69) is 4.98 Å². The molecule has 0 unspecified atom stereocenters. The summed E-state index contributed by atoms with van der Waals surface area (Å²) in [5.74, 6) is 0.214. The molecule has 0 saturated carbocycles. The normalized spacial score (nSPS) is 12.4. The quantitative estimate of drug-likeness (QED) is 0.850. The number of nitrogens with zero attached hydrogens (tertiary/aromatic N) is 2. The summed E-state index contributed by atoms with van der Waals surface area (Å²) in [5, 5.41) is 9.55. The minimum absolute atomic E-state index is 0.0856. The Morgan fingerprint density at radius 1 is 1.32 bits per heavy atom. The molecule has 0 aliphatic carbocycles. The molecular formula is C17H18N2O5S. The van der Waals surface area contributed by atoms with Gasteiger partial charge in [-0.15, -0.1) is 11.3 Å². The molecular weight excluding hydrogens is 344 g/mol. The number of benzene rings is 1. The van der Waals surface area contributed by atoms with Crippen LogP contribution in [-0.2, 0) is 4.79 Å². The lowest BCUT2D eigenvalue weighted by atomic mass is 10.2. The van der Waals surface area contributed by atoms with Crippen molar-refractivity contribution in [2.45, 2.75) is 26.3 Å². The van der Waals surface area contributed by atoms with Crippen LogP contribution in [0.2, 0.25) is 0 Å². The second-order valence-corrected chi connectivity index (χ2v) is 6.86. The van der Waals surface area contributed by atoms with E-state index >= 15 is 0 Å². The number of carboxylic acids is 1. The van der Waals surface area contributed by atoms with Crippen molar-refractivity contribution in [2.75, 3.05) is 13.3 Å². The second kappa shape index (κ2) is 7.10. The van der Waals surface area contributed by atoms with Crippen LogP contribution in [-0.4, -0.2) is 46.2 Å². The third-order valence-electron chi connectivity index (χ3n) is 3.79. The lowest BCUT2D eigenvalue weighted by molar-refractivity contribution is -0.137. The molecule has 1 N–H and O–H groups in total. The van der Waals surface area contributed by atoms with Crippen molar-refractivity contribution in [3.63, 3.8) is 0 Å². The zero-order valence-electron chi connectivity index (χ0n) is 13.9. The lowest BCUT2D eigenvalue weighted by Crippen LogP contribution is -2.38. The van der Waals surface area contributed by atoms with E-state index in [0.29, 0.717) is 21.4 Å². The van der Waals surface area contributed by atoms with Crippen molar-refractivity contribution in [1.29, 1.82) is 0 Å². The summed E-state index contributed by atoms with van der Waals surface area (Å²) in [5.41, 5.74) is 0.843. The number of hydrogen-bond acceptors (Lipinski definition) is 6. The first-order chi connectivity index (χ1) is 12.0. The van der Waals surface area contributed by atoms with Gasteiger partial charge >= 0.3 is 5.97 Å². The standard InChI is InChI=1S/C17H18N2O5S/c1-10(2)19(6-5-15(20)21)17(22)14-8-18-16(25-14)11-3-4-12-13(7-11)24-9-23-12/h3-4,7-8,10H,5-6,9H2,1-2H3,(H,20,21). The zero-order valence-corrected chi connectivity index (χ0v) is 14.7. The average Bonchev–Trinajstić information content (AvgIpc) is 3.22. The summed E-state index contributed by atoms with van der Waals surface area (Å²) < 4.78 is 10.7. The molecule has 0 fully saturated rings. The van der Waals surface area contributed by atoms with Crippen LogP contribution >= 0.6 is 11.3 Å². The van der Waals surface area contributed by atoms with Crippen LogP contribution in [0.3, 0.4) is 0 Å². The minimum Gasteiger partial charge on any atom is -0.481 e. The van der Waals surface area contributed by atoms with E-state index < -0.39 is 5.97 Å². The number of amides is 1. The summed E-state index contributed by atoms with van der Waals surface area (Å²) >= 11 is 1.27. The molecule has 1 amide bonds. The van der Waals surface area contributed by atoms with Gasteiger partial charge in [0.25, 0.3) is 5.91 Å². The molecule has 25 heavy (non-hydrogen) atoms. The van der Waals surface area contributed by atoms with Gasteiger partial charge in [0.2, 0.25) is 6.79 Å². The van der Waals surface area contributed by atoms with Crippen molar-refractivity contribution >= 4 is 23.2 Å². The lowest BCUT2D eigenvalue weighted by Gasteiger charge is -2.25. The Hall–Kier alpha value is -2.61. The maximum absolute atomic E-state index is 12.7. The summed E-state index contributed by atoms with van der Waals surface area (Å²) in [6, 6.07) is 5.42. The van der Waals surface area contributed by atoms with E-state index in [0.717, 1.165) is 5.56 Å². The van der Waals surface area contributed by atoms with Gasteiger partial charge in [-0.3, -0.25) is 9.59 Å². The minimum atomic E-state index is -0.927. The third-order valence-corrected chi connectivity index (χ3v) is 4.82. The van der Waals surface area contributed by atoms with Crippen molar-refractivity contribution < 1.29 is 24.2 Å². The van der Waals surface area contributed by atoms with E-state index in [1.807, 2.05) is 32.0 Å². The van der Waals surface area contributed by atoms with Gasteiger partial charge < -0.3 is 19.5 Å². The Kier molecular flexibility index (Phi) is 4.89. The van der Waals surface area contributed by atoms with Crippen molar-refractivity contribution in [3.8, 4) is 22.1 Å². The fourth-order valence-electron chi connectivity index (χ4n) is 2.49. The number of carboxylic acid groups (broad SMARTS) is 1. The van der Waals surface area contributed by atoms with Crippen LogP contribution in [0.5, 0.6) is 11.5 Å². The van der Waals surface area contributed by atoms with E-state index in [1.165, 1.54) is 17.5 Å². The number of carbonyl (C=O) groups is 2. The third kappa shape index (κ3) is 3.74. The van der Waals surface area contributed by atoms with Gasteiger partial charge in [0, 0.05) is 18.2 Å². The molecule has 8 heteroatoms. The summed E-state index contributed by atoms with van der Waals surface area (Å²) in [6.45, 7) is 4.09. The molecule has 0 radical (unpaired) electrons. The van der Waals surface area contributed by atoms with Crippen LogP contribution < -0.4 is 9.47 Å². The highest BCUT2D eigenvalue weighted by Gasteiger charge is 2.22.